The number of benzene rings is 1. The number of ether oxygens (including phenoxy) is 1. The van der Waals surface area contributed by atoms with Crippen LogP contribution in [0.3, 0.4) is 0 Å². The first-order valence-electron chi connectivity index (χ1n) is 6.79. The van der Waals surface area contributed by atoms with Gasteiger partial charge in [-0.15, -0.1) is 0 Å². The maximum absolute atomic E-state index is 13.2. The van der Waals surface area contributed by atoms with Gasteiger partial charge in [-0.3, -0.25) is 0 Å². The van der Waals surface area contributed by atoms with Gasteiger partial charge < -0.3 is 10.1 Å². The summed E-state index contributed by atoms with van der Waals surface area (Å²) < 4.78 is 18.8. The van der Waals surface area contributed by atoms with Gasteiger partial charge in [0.1, 0.15) is 5.82 Å². The number of hydrogen-bond acceptors (Lipinski definition) is 2. The van der Waals surface area contributed by atoms with E-state index < -0.39 is 0 Å². The van der Waals surface area contributed by atoms with Crippen molar-refractivity contribution in [1.29, 1.82) is 0 Å². The quantitative estimate of drug-likeness (QED) is 0.772. The molecular weight excluding hydrogens is 309 g/mol. The Morgan fingerprint density at radius 3 is 2.79 bits per heavy atom. The van der Waals surface area contributed by atoms with Crippen molar-refractivity contribution < 1.29 is 9.13 Å². The number of rotatable bonds is 7. The summed E-state index contributed by atoms with van der Waals surface area (Å²) in [5.74, 6) is -0.190. The Morgan fingerprint density at radius 1 is 1.42 bits per heavy atom. The molecule has 4 heteroatoms. The third-order valence-electron chi connectivity index (χ3n) is 3.96. The van der Waals surface area contributed by atoms with Gasteiger partial charge in [0.25, 0.3) is 0 Å². The molecule has 0 aliphatic heterocycles. The summed E-state index contributed by atoms with van der Waals surface area (Å²) in [6, 6.07) is 5.35. The zero-order valence-corrected chi connectivity index (χ0v) is 12.9. The fraction of sp³-hybridized carbons (Fsp3) is 0.600. The highest BCUT2D eigenvalue weighted by Gasteiger charge is 2.36. The molecule has 0 atom stereocenters. The van der Waals surface area contributed by atoms with E-state index in [1.54, 1.807) is 13.2 Å². The molecule has 2 nitrogen and oxygen atoms in total. The van der Waals surface area contributed by atoms with Gasteiger partial charge in [-0.1, -0.05) is 12.5 Å². The average Bonchev–Trinajstić information content (AvgIpc) is 2.35. The number of methoxy groups -OCH3 is 1. The topological polar surface area (TPSA) is 21.3 Å². The number of nitrogens with one attached hydrogen (secondary N) is 1. The van der Waals surface area contributed by atoms with Gasteiger partial charge in [-0.25, -0.2) is 4.39 Å². The molecule has 1 aromatic rings. The van der Waals surface area contributed by atoms with E-state index in [-0.39, 0.29) is 5.82 Å². The standard InChI is InChI=1S/C15H21BrFNO/c1-19-8-7-18-11-15(5-2-6-15)10-12-3-4-14(17)13(16)9-12/h3-4,9,18H,2,5-8,10-11H2,1H3. The molecule has 1 fully saturated rings. The zero-order chi connectivity index (χ0) is 13.7. The Bertz CT molecular complexity index is 421. The summed E-state index contributed by atoms with van der Waals surface area (Å²) >= 11 is 3.26. The SMILES string of the molecule is COCCNCC1(Cc2ccc(F)c(Br)c2)CCC1. The molecule has 0 radical (unpaired) electrons. The molecule has 2 rings (SSSR count). The Balaban J connectivity index is 1.92. The highest BCUT2D eigenvalue weighted by Crippen LogP contribution is 2.43. The molecule has 0 aromatic heterocycles. The summed E-state index contributed by atoms with van der Waals surface area (Å²) in [5.41, 5.74) is 1.56. The van der Waals surface area contributed by atoms with Crippen molar-refractivity contribution >= 4 is 15.9 Å². The minimum Gasteiger partial charge on any atom is -0.383 e. The lowest BCUT2D eigenvalue weighted by Crippen LogP contribution is -2.42. The van der Waals surface area contributed by atoms with Crippen LogP contribution in [0.1, 0.15) is 24.8 Å². The van der Waals surface area contributed by atoms with E-state index in [0.717, 1.165) is 26.1 Å². The zero-order valence-electron chi connectivity index (χ0n) is 11.3. The van der Waals surface area contributed by atoms with Crippen LogP contribution in [-0.4, -0.2) is 26.8 Å². The van der Waals surface area contributed by atoms with Gasteiger partial charge in [0.15, 0.2) is 0 Å². The molecule has 0 spiro atoms. The fourth-order valence-electron chi connectivity index (χ4n) is 2.70. The van der Waals surface area contributed by atoms with Crippen LogP contribution in [-0.2, 0) is 11.2 Å². The van der Waals surface area contributed by atoms with Crippen LogP contribution in [0.15, 0.2) is 22.7 Å². The molecule has 1 aromatic carbocycles. The van der Waals surface area contributed by atoms with Gasteiger partial charge in [0.05, 0.1) is 11.1 Å². The highest BCUT2D eigenvalue weighted by molar-refractivity contribution is 9.10. The molecule has 0 amide bonds. The maximum Gasteiger partial charge on any atom is 0.137 e. The molecule has 1 aliphatic carbocycles. The molecule has 0 heterocycles. The van der Waals surface area contributed by atoms with Gasteiger partial charge in [-0.05, 0) is 58.3 Å². The average molecular weight is 330 g/mol. The van der Waals surface area contributed by atoms with Crippen molar-refractivity contribution in [2.24, 2.45) is 5.41 Å². The predicted molar refractivity (Wildman–Crippen MR) is 78.8 cm³/mol. The van der Waals surface area contributed by atoms with Gasteiger partial charge >= 0.3 is 0 Å². The molecular formula is C15H21BrFNO. The van der Waals surface area contributed by atoms with Crippen LogP contribution in [0.2, 0.25) is 0 Å². The van der Waals surface area contributed by atoms with Crippen molar-refractivity contribution in [3.8, 4) is 0 Å². The van der Waals surface area contributed by atoms with Crippen molar-refractivity contribution in [3.63, 3.8) is 0 Å². The number of halogens is 2. The smallest absolute Gasteiger partial charge is 0.137 e. The van der Waals surface area contributed by atoms with E-state index in [1.165, 1.54) is 24.8 Å². The Labute approximate surface area is 122 Å². The molecule has 19 heavy (non-hydrogen) atoms. The third kappa shape index (κ3) is 4.01. The summed E-state index contributed by atoms with van der Waals surface area (Å²) in [5, 5.41) is 3.46. The lowest BCUT2D eigenvalue weighted by atomic mass is 9.65. The summed E-state index contributed by atoms with van der Waals surface area (Å²) in [6.45, 7) is 2.66. The first-order chi connectivity index (χ1) is 9.15. The van der Waals surface area contributed by atoms with Crippen molar-refractivity contribution in [3.05, 3.63) is 34.1 Å². The second-order valence-corrected chi connectivity index (χ2v) is 6.30. The Hall–Kier alpha value is -0.450. The fourth-order valence-corrected chi connectivity index (χ4v) is 3.13. The largest absolute Gasteiger partial charge is 0.383 e. The molecule has 0 unspecified atom stereocenters. The minimum absolute atomic E-state index is 0.190. The number of hydrogen-bond donors (Lipinski definition) is 1. The highest BCUT2D eigenvalue weighted by atomic mass is 79.9. The van der Waals surface area contributed by atoms with Crippen LogP contribution < -0.4 is 5.32 Å². The molecule has 0 saturated heterocycles. The van der Waals surface area contributed by atoms with Crippen LogP contribution in [0.4, 0.5) is 4.39 Å². The molecule has 106 valence electrons. The predicted octanol–water partition coefficient (Wildman–Crippen LogP) is 3.54. The van der Waals surface area contributed by atoms with E-state index in [0.29, 0.717) is 9.89 Å². The van der Waals surface area contributed by atoms with Crippen LogP contribution in [0.5, 0.6) is 0 Å². The lowest BCUT2D eigenvalue weighted by molar-refractivity contribution is 0.123. The van der Waals surface area contributed by atoms with E-state index in [1.807, 2.05) is 12.1 Å². The normalized spacial score (nSPS) is 17.2. The van der Waals surface area contributed by atoms with E-state index in [2.05, 4.69) is 21.2 Å². The van der Waals surface area contributed by atoms with E-state index in [9.17, 15) is 4.39 Å². The molecule has 1 aliphatic rings. The van der Waals surface area contributed by atoms with E-state index in [4.69, 9.17) is 4.74 Å². The van der Waals surface area contributed by atoms with Crippen LogP contribution >= 0.6 is 15.9 Å². The van der Waals surface area contributed by atoms with Crippen molar-refractivity contribution in [2.75, 3.05) is 26.8 Å². The second kappa shape index (κ2) is 6.82. The first-order valence-corrected chi connectivity index (χ1v) is 7.58. The van der Waals surface area contributed by atoms with Crippen LogP contribution in [0.25, 0.3) is 0 Å². The summed E-state index contributed by atoms with van der Waals surface area (Å²) in [7, 11) is 1.72. The molecule has 1 N–H and O–H groups in total. The Kier molecular flexibility index (Phi) is 5.37. The third-order valence-corrected chi connectivity index (χ3v) is 4.57. The minimum atomic E-state index is -0.190. The van der Waals surface area contributed by atoms with Gasteiger partial charge in [0, 0.05) is 20.2 Å². The second-order valence-electron chi connectivity index (χ2n) is 5.45. The molecule has 1 saturated carbocycles. The maximum atomic E-state index is 13.2. The lowest BCUT2D eigenvalue weighted by Gasteiger charge is -2.42. The van der Waals surface area contributed by atoms with Gasteiger partial charge in [0.2, 0.25) is 0 Å². The summed E-state index contributed by atoms with van der Waals surface area (Å²) in [4.78, 5) is 0. The first kappa shape index (κ1) is 14.9. The van der Waals surface area contributed by atoms with Crippen molar-refractivity contribution in [1.82, 2.24) is 5.32 Å². The Morgan fingerprint density at radius 2 is 2.21 bits per heavy atom. The van der Waals surface area contributed by atoms with Gasteiger partial charge in [-0.2, -0.15) is 0 Å². The van der Waals surface area contributed by atoms with E-state index >= 15 is 0 Å². The van der Waals surface area contributed by atoms with Crippen LogP contribution in [0, 0.1) is 11.2 Å². The van der Waals surface area contributed by atoms with Crippen molar-refractivity contribution in [2.45, 2.75) is 25.7 Å². The summed E-state index contributed by atoms with van der Waals surface area (Å²) in [6.07, 6.45) is 4.82. The molecule has 0 bridgehead atoms. The monoisotopic (exact) mass is 329 g/mol.